The molecule has 0 bridgehead atoms. The highest BCUT2D eigenvalue weighted by molar-refractivity contribution is 7.00. The molecule has 450 valence electrons. The van der Waals surface area contributed by atoms with E-state index in [0.717, 1.165) is 23.7 Å². The van der Waals surface area contributed by atoms with Gasteiger partial charge in [-0.1, -0.05) is 257 Å². The van der Waals surface area contributed by atoms with Gasteiger partial charge in [0.05, 0.1) is 22.1 Å². The Kier molecular flexibility index (Phi) is 14.2. The van der Waals surface area contributed by atoms with Crippen molar-refractivity contribution in [3.8, 4) is 22.5 Å². The third-order valence-corrected chi connectivity index (χ3v) is 25.4. The van der Waals surface area contributed by atoms with E-state index >= 15 is 0 Å². The maximum absolute atomic E-state index is 3.21. The molecule has 2 aliphatic heterocycles. The minimum absolute atomic E-state index is 0.0661. The lowest BCUT2D eigenvalue weighted by Crippen LogP contribution is -2.66. The van der Waals surface area contributed by atoms with Crippen LogP contribution in [0.15, 0.2) is 176 Å². The predicted molar refractivity (Wildman–Crippen MR) is 378 cm³/mol. The maximum Gasteiger partial charge on any atom is 0.252 e. The number of anilines is 4. The number of hydrogen-bond donors (Lipinski definition) is 0. The highest BCUT2D eigenvalue weighted by atomic mass is 15.2. The SMILES string of the molecule is c1ccc(-c2cc3c4c(c2)N(C2C(C5CCCCC5)CCCC2C2CCCCC2)c2cc(-n5c6ccccc6c6ccccc65)ccc2B4c2ccc(-n4c5ccccc5c5ccccc54)cc2N3C2C(C3CCCCC3)CCCC2C2CCCCC2)cc1. The Morgan fingerprint density at radius 1 is 0.270 bits per heavy atom. The van der Waals surface area contributed by atoms with Gasteiger partial charge in [-0.3, -0.25) is 0 Å². The molecule has 18 rings (SSSR count). The predicted octanol–water partition coefficient (Wildman–Crippen LogP) is 20.9. The first-order valence-corrected chi connectivity index (χ1v) is 36.3. The van der Waals surface area contributed by atoms with Crippen LogP contribution in [0.5, 0.6) is 0 Å². The van der Waals surface area contributed by atoms with Crippen LogP contribution in [0.2, 0.25) is 0 Å². The molecule has 0 spiro atoms. The van der Waals surface area contributed by atoms with Gasteiger partial charge in [-0.2, -0.15) is 0 Å². The second-order valence-corrected chi connectivity index (χ2v) is 29.8. The van der Waals surface area contributed by atoms with Crippen molar-refractivity contribution in [2.75, 3.05) is 9.80 Å². The van der Waals surface area contributed by atoms with Gasteiger partial charge in [-0.15, -0.1) is 0 Å². The lowest BCUT2D eigenvalue weighted by atomic mass is 9.33. The summed E-state index contributed by atoms with van der Waals surface area (Å²) in [6, 6.07) is 71.2. The summed E-state index contributed by atoms with van der Waals surface area (Å²) in [4.78, 5) is 6.42. The van der Waals surface area contributed by atoms with Crippen LogP contribution in [0.25, 0.3) is 66.1 Å². The number of nitrogens with zero attached hydrogens (tertiary/aromatic N) is 4. The smallest absolute Gasteiger partial charge is 0.252 e. The van der Waals surface area contributed by atoms with Crippen LogP contribution in [0.3, 0.4) is 0 Å². The molecule has 6 aliphatic carbocycles. The lowest BCUT2D eigenvalue weighted by Gasteiger charge is -2.57. The highest BCUT2D eigenvalue weighted by Gasteiger charge is 2.53. The molecule has 0 amide bonds. The van der Waals surface area contributed by atoms with E-state index < -0.39 is 0 Å². The summed E-state index contributed by atoms with van der Waals surface area (Å²) in [5.41, 5.74) is 21.2. The van der Waals surface area contributed by atoms with E-state index in [1.54, 1.807) is 5.46 Å². The van der Waals surface area contributed by atoms with Gasteiger partial charge in [0.25, 0.3) is 6.71 Å². The second-order valence-electron chi connectivity index (χ2n) is 29.8. The fourth-order valence-corrected chi connectivity index (χ4v) is 21.7. The summed E-state index contributed by atoms with van der Waals surface area (Å²) >= 11 is 0. The van der Waals surface area contributed by atoms with Gasteiger partial charge in [0.1, 0.15) is 0 Å². The molecule has 0 saturated heterocycles. The van der Waals surface area contributed by atoms with Gasteiger partial charge in [0, 0.05) is 67.8 Å². The number of rotatable bonds is 9. The molecule has 10 aromatic rings. The van der Waals surface area contributed by atoms with Gasteiger partial charge in [0.15, 0.2) is 0 Å². The summed E-state index contributed by atoms with van der Waals surface area (Å²) in [6.45, 7) is 0.0661. The molecule has 89 heavy (non-hydrogen) atoms. The molecule has 4 nitrogen and oxygen atoms in total. The third kappa shape index (κ3) is 9.16. The van der Waals surface area contributed by atoms with Crippen LogP contribution in [0.1, 0.15) is 167 Å². The van der Waals surface area contributed by atoms with Crippen molar-refractivity contribution in [3.05, 3.63) is 176 Å². The molecular formula is C84H91BN4. The molecule has 8 aliphatic rings. The van der Waals surface area contributed by atoms with E-state index in [9.17, 15) is 0 Å². The maximum atomic E-state index is 3.21. The first kappa shape index (κ1) is 54.9. The van der Waals surface area contributed by atoms with E-state index in [1.807, 2.05) is 0 Å². The molecule has 6 saturated carbocycles. The number of para-hydroxylation sites is 4. The molecule has 6 fully saturated rings. The fraction of sp³-hybridized carbons (Fsp3) is 0.429. The van der Waals surface area contributed by atoms with Crippen molar-refractivity contribution < 1.29 is 0 Å². The third-order valence-electron chi connectivity index (χ3n) is 25.4. The van der Waals surface area contributed by atoms with Crippen LogP contribution in [0.4, 0.5) is 22.7 Å². The Bertz CT molecular complexity index is 3830. The monoisotopic (exact) mass is 1170 g/mol. The van der Waals surface area contributed by atoms with Crippen LogP contribution < -0.4 is 26.2 Å². The van der Waals surface area contributed by atoms with Crippen molar-refractivity contribution >= 4 is 89.5 Å². The summed E-state index contributed by atoms with van der Waals surface area (Å²) in [5.74, 6) is 5.67. The number of benzene rings is 8. The summed E-state index contributed by atoms with van der Waals surface area (Å²) in [6.07, 6.45) is 36.1. The molecular weight excluding hydrogens is 1080 g/mol. The van der Waals surface area contributed by atoms with E-state index in [2.05, 4.69) is 195 Å². The number of hydrogen-bond acceptors (Lipinski definition) is 2. The van der Waals surface area contributed by atoms with Gasteiger partial charge in [0.2, 0.25) is 0 Å². The van der Waals surface area contributed by atoms with Gasteiger partial charge in [-0.25, -0.2) is 0 Å². The molecule has 0 N–H and O–H groups in total. The van der Waals surface area contributed by atoms with Crippen molar-refractivity contribution in [2.45, 2.75) is 179 Å². The minimum Gasteiger partial charge on any atom is -0.339 e. The highest BCUT2D eigenvalue weighted by Crippen LogP contribution is 2.56. The first-order valence-electron chi connectivity index (χ1n) is 36.3. The quantitative estimate of drug-likeness (QED) is 0.134. The Labute approximate surface area is 530 Å². The van der Waals surface area contributed by atoms with Crippen LogP contribution in [0, 0.1) is 47.3 Å². The van der Waals surface area contributed by atoms with Crippen molar-refractivity contribution in [1.82, 2.24) is 9.13 Å². The summed E-state index contributed by atoms with van der Waals surface area (Å²) in [5, 5.41) is 5.35. The molecule has 4 heterocycles. The van der Waals surface area contributed by atoms with Crippen molar-refractivity contribution in [2.24, 2.45) is 47.3 Å². The Hall–Kier alpha value is -6.98. The number of aromatic nitrogens is 2. The molecule has 5 heteroatoms. The van der Waals surface area contributed by atoms with Crippen molar-refractivity contribution in [3.63, 3.8) is 0 Å². The summed E-state index contributed by atoms with van der Waals surface area (Å²) < 4.78 is 5.27. The van der Waals surface area contributed by atoms with Gasteiger partial charge < -0.3 is 18.9 Å². The number of fused-ring (bicyclic) bond motifs is 10. The summed E-state index contributed by atoms with van der Waals surface area (Å²) in [7, 11) is 0. The first-order chi connectivity index (χ1) is 44.2. The van der Waals surface area contributed by atoms with Gasteiger partial charge in [-0.05, 0) is 161 Å². The lowest BCUT2D eigenvalue weighted by molar-refractivity contribution is 0.0835. The molecule has 4 unspecified atom stereocenters. The average molecular weight is 1170 g/mol. The normalized spacial score (nSPS) is 24.8. The van der Waals surface area contributed by atoms with Crippen LogP contribution in [-0.4, -0.2) is 27.9 Å². The van der Waals surface area contributed by atoms with Crippen LogP contribution >= 0.6 is 0 Å². The zero-order chi connectivity index (χ0) is 58.5. The Morgan fingerprint density at radius 2 is 0.596 bits per heavy atom. The zero-order valence-corrected chi connectivity index (χ0v) is 52.8. The van der Waals surface area contributed by atoms with Gasteiger partial charge >= 0.3 is 0 Å². The molecule has 4 atom stereocenters. The minimum atomic E-state index is 0.0661. The average Bonchev–Trinajstić information content (AvgIpc) is 1.52. The largest absolute Gasteiger partial charge is 0.339 e. The van der Waals surface area contributed by atoms with E-state index in [-0.39, 0.29) is 6.71 Å². The van der Waals surface area contributed by atoms with E-state index in [1.165, 1.54) is 267 Å². The zero-order valence-electron chi connectivity index (χ0n) is 52.8. The topological polar surface area (TPSA) is 16.3 Å². The second kappa shape index (κ2) is 23.1. The Balaban J connectivity index is 0.954. The van der Waals surface area contributed by atoms with Crippen LogP contribution in [-0.2, 0) is 0 Å². The standard InChI is InChI=1S/C84H91BN4/c1-6-26-56(27-7-1)61-52-80-82-81(53-61)89(84-66(59-32-12-4-13-33-59)42-25-43-67(84)60-34-14-5-15-35-60)79-55-63(87-76-46-22-18-38-70(76)71-39-19-23-47-77(71)87)49-51-73(79)85(82)72-50-48-62(86-74-44-20-16-36-68(74)69-37-17-21-45-75(69)86)54-78(72)88(80)83-64(57-28-8-2-9-29-57)40-24-41-65(83)58-30-10-3-11-31-58/h1,6-7,16-23,26-27,36-39,44-55,57-60,64-67,83-84H,2-5,8-15,24-25,28-35,40-43H2. The van der Waals surface area contributed by atoms with E-state index in [4.69, 9.17) is 0 Å². The molecule has 2 aromatic heterocycles. The molecule has 8 aromatic carbocycles. The van der Waals surface area contributed by atoms with E-state index in [0.29, 0.717) is 35.8 Å². The fourth-order valence-electron chi connectivity index (χ4n) is 21.7. The Morgan fingerprint density at radius 3 is 0.944 bits per heavy atom. The molecule has 0 radical (unpaired) electrons. The van der Waals surface area contributed by atoms with Crippen molar-refractivity contribution in [1.29, 1.82) is 0 Å².